The van der Waals surface area contributed by atoms with Crippen molar-refractivity contribution in [1.82, 2.24) is 10.6 Å². The molecule has 3 heteroatoms. The van der Waals surface area contributed by atoms with Crippen LogP contribution in [0.25, 0.3) is 0 Å². The van der Waals surface area contributed by atoms with Crippen molar-refractivity contribution in [1.29, 1.82) is 0 Å². The van der Waals surface area contributed by atoms with E-state index in [0.29, 0.717) is 17.9 Å². The van der Waals surface area contributed by atoms with Crippen LogP contribution < -0.4 is 10.6 Å². The SMILES string of the molecule is CCCC1(C(=O)N[C@@H](C)C2CCCCCC2)CCCNC1. The van der Waals surface area contributed by atoms with Crippen molar-refractivity contribution in [3.05, 3.63) is 0 Å². The number of carbonyl (C=O) groups is 1. The van der Waals surface area contributed by atoms with Crippen LogP contribution in [0.3, 0.4) is 0 Å². The molecule has 1 heterocycles. The van der Waals surface area contributed by atoms with E-state index in [1.807, 2.05) is 0 Å². The maximum absolute atomic E-state index is 12.9. The van der Waals surface area contributed by atoms with E-state index in [1.54, 1.807) is 0 Å². The standard InChI is InChI=1S/C18H34N2O/c1-3-11-18(12-8-13-19-14-18)17(21)20-15(2)16-9-6-4-5-7-10-16/h15-16,19H,3-14H2,1-2H3,(H,20,21)/t15-,18?/m0/s1. The Bertz CT molecular complexity index is 310. The van der Waals surface area contributed by atoms with Gasteiger partial charge in [0.1, 0.15) is 0 Å². The number of carbonyl (C=O) groups excluding carboxylic acids is 1. The third-order valence-electron chi connectivity index (χ3n) is 5.65. The number of amides is 1. The van der Waals surface area contributed by atoms with E-state index in [9.17, 15) is 4.79 Å². The zero-order valence-electron chi connectivity index (χ0n) is 14.0. The molecular formula is C18H34N2O. The predicted octanol–water partition coefficient (Wildman–Crippen LogP) is 3.63. The van der Waals surface area contributed by atoms with Crippen LogP contribution in [0.15, 0.2) is 0 Å². The average Bonchev–Trinajstić information content (AvgIpc) is 2.77. The normalized spacial score (nSPS) is 29.6. The molecule has 0 bridgehead atoms. The lowest BCUT2D eigenvalue weighted by Crippen LogP contribution is -2.53. The third-order valence-corrected chi connectivity index (χ3v) is 5.65. The van der Waals surface area contributed by atoms with Gasteiger partial charge >= 0.3 is 0 Å². The van der Waals surface area contributed by atoms with Crippen LogP contribution in [0.1, 0.15) is 78.1 Å². The highest BCUT2D eigenvalue weighted by atomic mass is 16.2. The summed E-state index contributed by atoms with van der Waals surface area (Å²) in [7, 11) is 0. The summed E-state index contributed by atoms with van der Waals surface area (Å²) in [5.41, 5.74) is -0.147. The molecule has 0 aromatic heterocycles. The highest BCUT2D eigenvalue weighted by Crippen LogP contribution is 2.33. The van der Waals surface area contributed by atoms with E-state index in [0.717, 1.165) is 38.8 Å². The van der Waals surface area contributed by atoms with Crippen LogP contribution in [-0.4, -0.2) is 25.0 Å². The number of rotatable bonds is 5. The van der Waals surface area contributed by atoms with Gasteiger partial charge in [-0.3, -0.25) is 4.79 Å². The molecule has 1 aliphatic heterocycles. The summed E-state index contributed by atoms with van der Waals surface area (Å²) < 4.78 is 0. The fourth-order valence-corrected chi connectivity index (χ4v) is 4.26. The van der Waals surface area contributed by atoms with Crippen LogP contribution >= 0.6 is 0 Å². The van der Waals surface area contributed by atoms with E-state index in [4.69, 9.17) is 0 Å². The van der Waals surface area contributed by atoms with Crippen LogP contribution in [0.2, 0.25) is 0 Å². The molecule has 2 atom stereocenters. The second kappa shape index (κ2) is 8.17. The molecule has 2 rings (SSSR count). The topological polar surface area (TPSA) is 41.1 Å². The molecule has 21 heavy (non-hydrogen) atoms. The van der Waals surface area contributed by atoms with Crippen LogP contribution in [0.4, 0.5) is 0 Å². The molecule has 1 amide bonds. The number of hydrogen-bond donors (Lipinski definition) is 2. The number of hydrogen-bond acceptors (Lipinski definition) is 2. The zero-order valence-corrected chi connectivity index (χ0v) is 14.0. The van der Waals surface area contributed by atoms with Gasteiger partial charge in [0, 0.05) is 12.6 Å². The molecule has 0 aromatic carbocycles. The molecule has 122 valence electrons. The van der Waals surface area contributed by atoms with Gasteiger partial charge in [-0.25, -0.2) is 0 Å². The highest BCUT2D eigenvalue weighted by Gasteiger charge is 2.39. The quantitative estimate of drug-likeness (QED) is 0.760. The van der Waals surface area contributed by atoms with Gasteiger partial charge in [0.15, 0.2) is 0 Å². The Hall–Kier alpha value is -0.570. The minimum Gasteiger partial charge on any atom is -0.353 e. The molecule has 1 saturated carbocycles. The Morgan fingerprint density at radius 2 is 1.95 bits per heavy atom. The molecular weight excluding hydrogens is 260 g/mol. The van der Waals surface area contributed by atoms with Crippen molar-refractivity contribution in [3.63, 3.8) is 0 Å². The van der Waals surface area contributed by atoms with Gasteiger partial charge < -0.3 is 10.6 Å². The molecule has 1 aliphatic carbocycles. The molecule has 1 unspecified atom stereocenters. The minimum atomic E-state index is -0.147. The lowest BCUT2D eigenvalue weighted by atomic mass is 9.75. The van der Waals surface area contributed by atoms with Crippen molar-refractivity contribution in [2.45, 2.75) is 84.1 Å². The molecule has 2 fully saturated rings. The van der Waals surface area contributed by atoms with Crippen molar-refractivity contribution < 1.29 is 4.79 Å². The highest BCUT2D eigenvalue weighted by molar-refractivity contribution is 5.83. The number of nitrogens with one attached hydrogen (secondary N) is 2. The van der Waals surface area contributed by atoms with Crippen molar-refractivity contribution >= 4 is 5.91 Å². The van der Waals surface area contributed by atoms with Gasteiger partial charge in [-0.15, -0.1) is 0 Å². The lowest BCUT2D eigenvalue weighted by Gasteiger charge is -2.38. The largest absolute Gasteiger partial charge is 0.353 e. The molecule has 0 spiro atoms. The monoisotopic (exact) mass is 294 g/mol. The van der Waals surface area contributed by atoms with Gasteiger partial charge in [-0.05, 0) is 51.5 Å². The first-order valence-corrected chi connectivity index (χ1v) is 9.19. The van der Waals surface area contributed by atoms with Crippen molar-refractivity contribution in [2.75, 3.05) is 13.1 Å². The molecule has 0 aromatic rings. The van der Waals surface area contributed by atoms with Gasteiger partial charge in [0.2, 0.25) is 5.91 Å². The third kappa shape index (κ3) is 4.45. The zero-order chi connectivity index (χ0) is 15.1. The Kier molecular flexibility index (Phi) is 6.53. The van der Waals surface area contributed by atoms with E-state index in [1.165, 1.54) is 38.5 Å². The fourth-order valence-electron chi connectivity index (χ4n) is 4.26. The summed E-state index contributed by atoms with van der Waals surface area (Å²) in [4.78, 5) is 12.9. The smallest absolute Gasteiger partial charge is 0.227 e. The maximum Gasteiger partial charge on any atom is 0.227 e. The first-order chi connectivity index (χ1) is 10.2. The summed E-state index contributed by atoms with van der Waals surface area (Å²) in [6.07, 6.45) is 12.3. The summed E-state index contributed by atoms with van der Waals surface area (Å²) in [6.45, 7) is 6.35. The minimum absolute atomic E-state index is 0.147. The van der Waals surface area contributed by atoms with Gasteiger partial charge in [0.05, 0.1) is 5.41 Å². The fraction of sp³-hybridized carbons (Fsp3) is 0.944. The second-order valence-corrected chi connectivity index (χ2v) is 7.32. The van der Waals surface area contributed by atoms with E-state index in [-0.39, 0.29) is 5.41 Å². The Labute approximate surface area is 130 Å². The second-order valence-electron chi connectivity index (χ2n) is 7.32. The Morgan fingerprint density at radius 3 is 2.52 bits per heavy atom. The van der Waals surface area contributed by atoms with Crippen LogP contribution in [0.5, 0.6) is 0 Å². The van der Waals surface area contributed by atoms with Gasteiger partial charge in [-0.2, -0.15) is 0 Å². The van der Waals surface area contributed by atoms with Gasteiger partial charge in [-0.1, -0.05) is 39.0 Å². The molecule has 1 saturated heterocycles. The van der Waals surface area contributed by atoms with Crippen LogP contribution in [-0.2, 0) is 4.79 Å². The predicted molar refractivity (Wildman–Crippen MR) is 88.2 cm³/mol. The van der Waals surface area contributed by atoms with Crippen molar-refractivity contribution in [3.8, 4) is 0 Å². The first-order valence-electron chi connectivity index (χ1n) is 9.19. The molecule has 0 radical (unpaired) electrons. The molecule has 3 nitrogen and oxygen atoms in total. The summed E-state index contributed by atoms with van der Waals surface area (Å²) in [6, 6.07) is 0.339. The van der Waals surface area contributed by atoms with E-state index < -0.39 is 0 Å². The maximum atomic E-state index is 12.9. The number of piperidine rings is 1. The van der Waals surface area contributed by atoms with E-state index in [2.05, 4.69) is 24.5 Å². The Morgan fingerprint density at radius 1 is 1.24 bits per heavy atom. The first kappa shape index (κ1) is 16.8. The molecule has 2 N–H and O–H groups in total. The Balaban J connectivity index is 1.93. The van der Waals surface area contributed by atoms with Gasteiger partial charge in [0.25, 0.3) is 0 Å². The summed E-state index contributed by atoms with van der Waals surface area (Å²) in [5.74, 6) is 1.000. The van der Waals surface area contributed by atoms with E-state index >= 15 is 0 Å². The van der Waals surface area contributed by atoms with Crippen LogP contribution in [0, 0.1) is 11.3 Å². The average molecular weight is 294 g/mol. The lowest BCUT2D eigenvalue weighted by molar-refractivity contribution is -0.133. The summed E-state index contributed by atoms with van der Waals surface area (Å²) >= 11 is 0. The van der Waals surface area contributed by atoms with Crippen molar-refractivity contribution in [2.24, 2.45) is 11.3 Å². The summed E-state index contributed by atoms with van der Waals surface area (Å²) in [5, 5.41) is 6.84. The molecule has 2 aliphatic rings.